The average Bonchev–Trinajstić information content (AvgIpc) is 3.15. The van der Waals surface area contributed by atoms with Crippen LogP contribution in [0.1, 0.15) is 91.4 Å². The number of guanidine groups is 2. The third-order valence-corrected chi connectivity index (χ3v) is 11.6. The summed E-state index contributed by atoms with van der Waals surface area (Å²) in [5.41, 5.74) is 6.58. The van der Waals surface area contributed by atoms with E-state index in [-0.39, 0.29) is 0 Å². The lowest BCUT2D eigenvalue weighted by atomic mass is 9.44. The zero-order valence-corrected chi connectivity index (χ0v) is 22.5. The molecule has 7 heteroatoms. The van der Waals surface area contributed by atoms with Crippen LogP contribution in [0.15, 0.2) is 9.98 Å². The highest BCUT2D eigenvalue weighted by atomic mass is 16.4. The molecule has 4 saturated carbocycles. The van der Waals surface area contributed by atoms with Gasteiger partial charge in [-0.05, 0) is 111 Å². The lowest BCUT2D eigenvalue weighted by Crippen LogP contribution is -2.58. The van der Waals surface area contributed by atoms with Gasteiger partial charge in [-0.15, -0.1) is 0 Å². The fourth-order valence-corrected chi connectivity index (χ4v) is 9.79. The molecule has 35 heavy (non-hydrogen) atoms. The molecule has 0 amide bonds. The molecule has 0 aromatic carbocycles. The second-order valence-electron chi connectivity index (χ2n) is 13.4. The van der Waals surface area contributed by atoms with Crippen LogP contribution in [0, 0.1) is 46.3 Å². The summed E-state index contributed by atoms with van der Waals surface area (Å²) >= 11 is 0. The molecule has 1 heterocycles. The van der Waals surface area contributed by atoms with Crippen LogP contribution in [0.25, 0.3) is 0 Å². The number of carboxylic acids is 1. The number of nitrogens with two attached hydrogens (primary N) is 1. The van der Waals surface area contributed by atoms with Crippen LogP contribution >= 0.6 is 0 Å². The largest absolute Gasteiger partial charge is 0.481 e. The van der Waals surface area contributed by atoms with Crippen molar-refractivity contribution in [1.82, 2.24) is 10.2 Å². The van der Waals surface area contributed by atoms with Crippen LogP contribution in [0.2, 0.25) is 0 Å². The Labute approximate surface area is 211 Å². The summed E-state index contributed by atoms with van der Waals surface area (Å²) in [6, 6.07) is 0. The molecule has 196 valence electrons. The van der Waals surface area contributed by atoms with Crippen LogP contribution in [0.4, 0.5) is 0 Å². The molecular weight excluding hydrogens is 438 g/mol. The number of carboxylic acid groups (broad SMARTS) is 1. The van der Waals surface area contributed by atoms with Gasteiger partial charge in [-0.2, -0.15) is 0 Å². The first kappa shape index (κ1) is 24.9. The summed E-state index contributed by atoms with van der Waals surface area (Å²) in [5.74, 6) is 4.94. The van der Waals surface area contributed by atoms with E-state index in [2.05, 4.69) is 26.1 Å². The van der Waals surface area contributed by atoms with Crippen molar-refractivity contribution in [3.8, 4) is 0 Å². The highest BCUT2D eigenvalue weighted by Gasteiger charge is 2.62. The molecule has 0 saturated heterocycles. The van der Waals surface area contributed by atoms with Crippen molar-refractivity contribution in [1.29, 1.82) is 0 Å². The molecule has 4 N–H and O–H groups in total. The zero-order valence-electron chi connectivity index (χ0n) is 22.5. The van der Waals surface area contributed by atoms with Crippen LogP contribution in [0.5, 0.6) is 0 Å². The van der Waals surface area contributed by atoms with Gasteiger partial charge >= 0.3 is 5.97 Å². The molecule has 0 aromatic heterocycles. The molecule has 0 bridgehead atoms. The van der Waals surface area contributed by atoms with Gasteiger partial charge in [-0.25, -0.2) is 9.98 Å². The first-order chi connectivity index (χ1) is 16.5. The summed E-state index contributed by atoms with van der Waals surface area (Å²) in [4.78, 5) is 23.2. The number of nitrogens with zero attached hydrogens (tertiary/aromatic N) is 3. The highest BCUT2D eigenvalue weighted by Crippen LogP contribution is 2.69. The summed E-state index contributed by atoms with van der Waals surface area (Å²) in [5, 5.41) is 12.4. The fourth-order valence-electron chi connectivity index (χ4n) is 9.79. The van der Waals surface area contributed by atoms with Gasteiger partial charge in [-0.3, -0.25) is 10.1 Å². The molecule has 7 nitrogen and oxygen atoms in total. The fraction of sp³-hybridized carbons (Fsp3) is 0.893. The minimum atomic E-state index is -0.650. The predicted octanol–water partition coefficient (Wildman–Crippen LogP) is 4.68. The third-order valence-electron chi connectivity index (χ3n) is 11.6. The smallest absolute Gasteiger partial charge is 0.303 e. The van der Waals surface area contributed by atoms with E-state index in [0.717, 1.165) is 43.0 Å². The summed E-state index contributed by atoms with van der Waals surface area (Å²) in [6.45, 7) is 7.48. The lowest BCUT2D eigenvalue weighted by molar-refractivity contribution is -0.138. The first-order valence-corrected chi connectivity index (χ1v) is 14.1. The number of nitrogens with one attached hydrogen (secondary N) is 1. The molecule has 6 unspecified atom stereocenters. The SMILES string of the molecule is CC(CCC(=O)O)[C@H]1CCC2C3CCC4CC5(CC[C@]4(C)C3CC[C@@]21C)N=C(N)NC(N(C)C)=N5. The van der Waals surface area contributed by atoms with Crippen LogP contribution in [0.3, 0.4) is 0 Å². The van der Waals surface area contributed by atoms with Gasteiger partial charge in [-0.1, -0.05) is 20.8 Å². The molecule has 4 fully saturated rings. The quantitative estimate of drug-likeness (QED) is 0.536. The number of hydrogen-bond acceptors (Lipinski definition) is 6. The van der Waals surface area contributed by atoms with Gasteiger partial charge in [0.2, 0.25) is 5.96 Å². The maximum atomic E-state index is 11.2. The number of aliphatic carboxylic acids is 1. The second-order valence-corrected chi connectivity index (χ2v) is 13.4. The van der Waals surface area contributed by atoms with E-state index >= 15 is 0 Å². The van der Waals surface area contributed by atoms with Crippen molar-refractivity contribution in [2.45, 2.75) is 97.1 Å². The van der Waals surface area contributed by atoms with Crippen LogP contribution in [-0.4, -0.2) is 47.7 Å². The Bertz CT molecular complexity index is 917. The number of carbonyl (C=O) groups is 1. The van der Waals surface area contributed by atoms with Crippen molar-refractivity contribution in [2.75, 3.05) is 14.1 Å². The van der Waals surface area contributed by atoms with Gasteiger partial charge in [0.25, 0.3) is 0 Å². The molecule has 5 rings (SSSR count). The van der Waals surface area contributed by atoms with Crippen LogP contribution < -0.4 is 11.1 Å². The van der Waals surface area contributed by atoms with E-state index in [4.69, 9.17) is 15.7 Å². The highest BCUT2D eigenvalue weighted by molar-refractivity contribution is 5.99. The number of hydrogen-bond donors (Lipinski definition) is 3. The van der Waals surface area contributed by atoms with Crippen molar-refractivity contribution in [3.05, 3.63) is 0 Å². The van der Waals surface area contributed by atoms with Gasteiger partial charge < -0.3 is 15.7 Å². The predicted molar refractivity (Wildman–Crippen MR) is 140 cm³/mol. The van der Waals surface area contributed by atoms with Crippen LogP contribution in [-0.2, 0) is 4.79 Å². The van der Waals surface area contributed by atoms with Gasteiger partial charge in [0.15, 0.2) is 11.6 Å². The maximum Gasteiger partial charge on any atom is 0.303 e. The Morgan fingerprint density at radius 2 is 1.83 bits per heavy atom. The third kappa shape index (κ3) is 4.05. The standard InChI is InChI=1S/C28H47N5O2/c1-17(6-11-23(34)35)20-9-10-21-19-8-7-18-16-28(31-24(29)30-25(32-28)33(4)5)15-14-26(18,2)22(19)12-13-27(20,21)3/h17-22H,6-16H2,1-5H3,(H,34,35)(H3,29,30,31,32)/t17?,18?,19?,20-,21?,22?,26+,27-,28?/m1/s1. The Kier molecular flexibility index (Phi) is 6.15. The number of aliphatic imine (C=N–C) groups is 2. The van der Waals surface area contributed by atoms with Gasteiger partial charge in [0, 0.05) is 20.5 Å². The zero-order chi connectivity index (χ0) is 25.2. The Morgan fingerprint density at radius 3 is 2.54 bits per heavy atom. The molecular formula is C28H47N5O2. The maximum absolute atomic E-state index is 11.2. The lowest BCUT2D eigenvalue weighted by Gasteiger charge is -2.62. The average molecular weight is 486 g/mol. The van der Waals surface area contributed by atoms with E-state index in [9.17, 15) is 9.90 Å². The van der Waals surface area contributed by atoms with Crippen molar-refractivity contribution in [2.24, 2.45) is 62.1 Å². The second kappa shape index (κ2) is 8.65. The van der Waals surface area contributed by atoms with Crippen molar-refractivity contribution in [3.63, 3.8) is 0 Å². The Hall–Kier alpha value is -1.79. The van der Waals surface area contributed by atoms with Crippen molar-refractivity contribution < 1.29 is 9.90 Å². The Morgan fingerprint density at radius 1 is 1.09 bits per heavy atom. The Balaban J connectivity index is 1.34. The molecule has 1 spiro atoms. The van der Waals surface area contributed by atoms with E-state index in [0.29, 0.717) is 41.0 Å². The summed E-state index contributed by atoms with van der Waals surface area (Å²) < 4.78 is 0. The molecule has 4 aliphatic carbocycles. The molecule has 9 atom stereocenters. The summed E-state index contributed by atoms with van der Waals surface area (Å²) in [6.07, 6.45) is 12.2. The van der Waals surface area contributed by atoms with Gasteiger partial charge in [0.05, 0.1) is 0 Å². The van der Waals surface area contributed by atoms with Crippen molar-refractivity contribution >= 4 is 17.9 Å². The van der Waals surface area contributed by atoms with E-state index < -0.39 is 11.6 Å². The minimum Gasteiger partial charge on any atom is -0.481 e. The molecule has 0 radical (unpaired) electrons. The van der Waals surface area contributed by atoms with E-state index in [1.54, 1.807) is 0 Å². The van der Waals surface area contributed by atoms with Gasteiger partial charge in [0.1, 0.15) is 0 Å². The minimum absolute atomic E-state index is 0.312. The molecule has 5 aliphatic rings. The number of rotatable bonds is 4. The molecule has 0 aromatic rings. The number of fused-ring (bicyclic) bond motifs is 5. The van der Waals surface area contributed by atoms with E-state index in [1.165, 1.54) is 44.9 Å². The summed E-state index contributed by atoms with van der Waals surface area (Å²) in [7, 11) is 4.01. The first-order valence-electron chi connectivity index (χ1n) is 14.1. The topological polar surface area (TPSA) is 103 Å². The monoisotopic (exact) mass is 485 g/mol. The molecule has 1 aliphatic heterocycles. The van der Waals surface area contributed by atoms with E-state index in [1.807, 2.05) is 19.0 Å². The normalized spacial score (nSPS) is 45.3.